The van der Waals surface area contributed by atoms with Gasteiger partial charge in [-0.25, -0.2) is 4.79 Å². The topological polar surface area (TPSA) is 118 Å². The minimum Gasteiger partial charge on any atom is -0.508 e. The first-order valence-corrected chi connectivity index (χ1v) is 20.8. The Balaban J connectivity index is 0.000000395. The second-order valence-corrected chi connectivity index (χ2v) is 16.0. The van der Waals surface area contributed by atoms with Crippen molar-refractivity contribution in [2.45, 2.75) is 27.2 Å². The van der Waals surface area contributed by atoms with Crippen molar-refractivity contribution >= 4 is 98.8 Å². The van der Waals surface area contributed by atoms with Crippen molar-refractivity contribution in [3.8, 4) is 34.1 Å². The van der Waals surface area contributed by atoms with E-state index < -0.39 is 5.97 Å². The number of carboxylic acids is 1. The average molecular weight is 1030 g/mol. The van der Waals surface area contributed by atoms with Crippen molar-refractivity contribution in [1.29, 1.82) is 0 Å². The van der Waals surface area contributed by atoms with Gasteiger partial charge in [-0.2, -0.15) is 0 Å². The van der Waals surface area contributed by atoms with E-state index in [1.165, 1.54) is 0 Å². The summed E-state index contributed by atoms with van der Waals surface area (Å²) in [6.07, 6.45) is 0.702. The third kappa shape index (κ3) is 18.7. The minimum atomic E-state index is -1.32. The summed E-state index contributed by atoms with van der Waals surface area (Å²) in [5.41, 5.74) is 6.32. The third-order valence-corrected chi connectivity index (χ3v) is 11.8. The SMILES string of the molecule is Cc1cc(O)cc(C)c1Cl.Cc1cc(O)ccc1Cl.O=C(O)c1c(Cl)c(Cl)c(Cl)c(Cl)c1Cl.Oc1ccc(Cl)cc1Cc1ccccc1.Oc1ccccc1-c1ccccc1.[Na+].[Na+]. The summed E-state index contributed by atoms with van der Waals surface area (Å²) in [6.45, 7) is 5.59. The summed E-state index contributed by atoms with van der Waals surface area (Å²) in [5.74, 6) is -0.159. The molecule has 0 atom stereocenters. The maximum Gasteiger partial charge on any atom is 1.00 e. The molecule has 63 heavy (non-hydrogen) atoms. The zero-order chi connectivity index (χ0) is 45.4. The Morgan fingerprint density at radius 1 is 0.476 bits per heavy atom. The molecular weight excluding hydrogens is 990 g/mol. The van der Waals surface area contributed by atoms with Crippen LogP contribution in [0, 0.1) is 20.8 Å². The predicted octanol–water partition coefficient (Wildman–Crippen LogP) is 10.4. The van der Waals surface area contributed by atoms with E-state index in [1.807, 2.05) is 99.6 Å². The molecule has 16 heteroatoms. The summed E-state index contributed by atoms with van der Waals surface area (Å²) in [7, 11) is 0. The van der Waals surface area contributed by atoms with Gasteiger partial charge in [-0.15, -0.1) is 0 Å². The summed E-state index contributed by atoms with van der Waals surface area (Å²) in [5, 5.41) is 47.2. The van der Waals surface area contributed by atoms with Crippen LogP contribution < -0.4 is 59.1 Å². The molecule has 0 radical (unpaired) electrons. The molecule has 0 saturated carbocycles. The Bertz CT molecular complexity index is 2510. The molecule has 5 N–H and O–H groups in total. The molecule has 0 saturated heterocycles. The first kappa shape index (κ1) is 58.5. The Morgan fingerprint density at radius 3 is 1.44 bits per heavy atom. The first-order valence-electron chi connectivity index (χ1n) is 17.8. The fourth-order valence-electron chi connectivity index (χ4n) is 5.19. The van der Waals surface area contributed by atoms with Crippen molar-refractivity contribution < 1.29 is 89.4 Å². The van der Waals surface area contributed by atoms with Gasteiger partial charge in [0.25, 0.3) is 0 Å². The molecule has 7 aromatic rings. The van der Waals surface area contributed by atoms with Gasteiger partial charge in [-0.1, -0.05) is 172 Å². The fourth-order valence-corrected chi connectivity index (χ4v) is 6.91. The summed E-state index contributed by atoms with van der Waals surface area (Å²) in [4.78, 5) is 10.7. The van der Waals surface area contributed by atoms with Gasteiger partial charge < -0.3 is 25.5 Å². The molecule has 6 nitrogen and oxygen atoms in total. The monoisotopic (exact) mass is 1020 g/mol. The van der Waals surface area contributed by atoms with Crippen molar-refractivity contribution in [1.82, 2.24) is 0 Å². The van der Waals surface area contributed by atoms with Crippen LogP contribution in [0.5, 0.6) is 23.0 Å². The molecule has 0 aliphatic carbocycles. The molecule has 0 aromatic heterocycles. The van der Waals surface area contributed by atoms with Gasteiger partial charge in [0.05, 0.1) is 30.7 Å². The van der Waals surface area contributed by atoms with E-state index >= 15 is 0 Å². The van der Waals surface area contributed by atoms with Crippen LogP contribution in [0.2, 0.25) is 40.2 Å². The zero-order valence-corrected chi connectivity index (χ0v) is 44.6. The van der Waals surface area contributed by atoms with E-state index in [1.54, 1.807) is 54.6 Å². The van der Waals surface area contributed by atoms with Crippen LogP contribution in [-0.2, 0) is 6.42 Å². The molecular formula is C47H38Cl8Na2O6+2. The van der Waals surface area contributed by atoms with Crippen LogP contribution in [0.1, 0.15) is 38.2 Å². The van der Waals surface area contributed by atoms with Crippen molar-refractivity contribution in [3.63, 3.8) is 0 Å². The van der Waals surface area contributed by atoms with E-state index in [4.69, 9.17) is 108 Å². The molecule has 0 bridgehead atoms. The van der Waals surface area contributed by atoms with Crippen LogP contribution in [0.3, 0.4) is 0 Å². The third-order valence-electron chi connectivity index (χ3n) is 8.25. The van der Waals surface area contributed by atoms with Crippen LogP contribution in [0.15, 0.2) is 133 Å². The second-order valence-electron chi connectivity index (χ2n) is 12.9. The van der Waals surface area contributed by atoms with Crippen molar-refractivity contribution in [2.75, 3.05) is 0 Å². The second kappa shape index (κ2) is 29.2. The standard InChI is InChI=1S/C13H11ClO.C12H10O.C8H9ClO.C7HCl5O2.C7H7ClO.2Na/c14-12-6-7-13(15)11(9-12)8-10-4-2-1-3-5-10;13-12-9-5-4-8-11(12)10-6-2-1-3-7-10;1-5-3-7(10)4-6(2)8(5)9;8-2-1(7(13)14)3(9)5(11)6(12)4(2)10;1-5-4-6(9)2-3-7(5)8;;/h1-7,9,15H,8H2;1-9,13H;3-4,10H,1-2H3;(H,13,14);2-4,9H,1H3;;/q;;;;;2*+1. The Morgan fingerprint density at radius 2 is 0.952 bits per heavy atom. The summed E-state index contributed by atoms with van der Waals surface area (Å²) < 4.78 is 0. The predicted molar refractivity (Wildman–Crippen MR) is 255 cm³/mol. The van der Waals surface area contributed by atoms with Crippen molar-refractivity contribution in [2.24, 2.45) is 0 Å². The zero-order valence-electron chi connectivity index (χ0n) is 34.6. The molecule has 0 amide bonds. The molecule has 0 unspecified atom stereocenters. The molecule has 0 aliphatic rings. The van der Waals surface area contributed by atoms with Gasteiger partial charge in [0.2, 0.25) is 0 Å². The number of para-hydroxylation sites is 1. The number of hydrogen-bond donors (Lipinski definition) is 5. The van der Waals surface area contributed by atoms with Gasteiger partial charge in [0.1, 0.15) is 23.0 Å². The Labute approximate surface area is 451 Å². The number of aromatic hydroxyl groups is 4. The normalized spacial score (nSPS) is 9.70. The molecule has 0 fully saturated rings. The largest absolute Gasteiger partial charge is 1.00 e. The number of carboxylic acid groups (broad SMARTS) is 1. The van der Waals surface area contributed by atoms with Gasteiger partial charge in [0, 0.05) is 27.1 Å². The number of halogens is 8. The van der Waals surface area contributed by atoms with Crippen LogP contribution in [-0.4, -0.2) is 31.5 Å². The van der Waals surface area contributed by atoms with Crippen LogP contribution >= 0.6 is 92.8 Å². The van der Waals surface area contributed by atoms with E-state index in [-0.39, 0.29) is 101 Å². The molecule has 7 rings (SSSR count). The van der Waals surface area contributed by atoms with Gasteiger partial charge >= 0.3 is 65.1 Å². The number of hydrogen-bond acceptors (Lipinski definition) is 5. The van der Waals surface area contributed by atoms with Gasteiger partial charge in [0.15, 0.2) is 0 Å². The minimum absolute atomic E-state index is 0. The van der Waals surface area contributed by atoms with Crippen LogP contribution in [0.4, 0.5) is 0 Å². The van der Waals surface area contributed by atoms with E-state index in [2.05, 4.69) is 0 Å². The molecule has 7 aromatic carbocycles. The van der Waals surface area contributed by atoms with E-state index in [0.717, 1.165) is 44.0 Å². The first-order chi connectivity index (χ1) is 28.8. The molecule has 318 valence electrons. The van der Waals surface area contributed by atoms with Crippen LogP contribution in [0.25, 0.3) is 11.1 Å². The molecule has 0 aliphatic heterocycles. The van der Waals surface area contributed by atoms with Gasteiger partial charge in [-0.05, 0) is 109 Å². The van der Waals surface area contributed by atoms with Crippen molar-refractivity contribution in [3.05, 3.63) is 207 Å². The number of aryl methyl sites for hydroxylation is 3. The fraction of sp³-hybridized carbons (Fsp3) is 0.0851. The van der Waals surface area contributed by atoms with E-state index in [9.17, 15) is 15.0 Å². The molecule has 0 spiro atoms. The maximum absolute atomic E-state index is 10.7. The summed E-state index contributed by atoms with van der Waals surface area (Å²) in [6, 6.07) is 40.5. The molecule has 0 heterocycles. The summed E-state index contributed by atoms with van der Waals surface area (Å²) >= 11 is 45.5. The number of phenolic OH excluding ortho intramolecular Hbond substituents is 4. The number of rotatable bonds is 4. The average Bonchev–Trinajstić information content (AvgIpc) is 3.23. The number of benzene rings is 7. The number of phenols is 4. The Hall–Kier alpha value is -2.47. The van der Waals surface area contributed by atoms with E-state index in [0.29, 0.717) is 28.0 Å². The maximum atomic E-state index is 10.7. The number of aromatic carboxylic acids is 1. The number of carbonyl (C=O) groups is 1. The van der Waals surface area contributed by atoms with Gasteiger partial charge in [-0.3, -0.25) is 0 Å². The smallest absolute Gasteiger partial charge is 0.508 e. The Kier molecular flexibility index (Phi) is 27.2. The quantitative estimate of drug-likeness (QED) is 0.0681.